The molecule has 0 radical (unpaired) electrons. The molecule has 3 heteroatoms. The minimum atomic E-state index is -0.836. The molecule has 0 heterocycles. The van der Waals surface area contributed by atoms with Gasteiger partial charge in [-0.2, -0.15) is 5.26 Å². The molecule has 0 unspecified atom stereocenters. The van der Waals surface area contributed by atoms with Gasteiger partial charge in [-0.1, -0.05) is 6.08 Å². The van der Waals surface area contributed by atoms with E-state index in [1.165, 1.54) is 12.2 Å². The Morgan fingerprint density at radius 3 is 2.89 bits per heavy atom. The Balaban J connectivity index is 3.22. The Bertz CT molecular complexity index is 155. The van der Waals surface area contributed by atoms with Gasteiger partial charge in [0.1, 0.15) is 0 Å². The molecule has 0 fully saturated rings. The number of allylic oxidation sites excluding steroid dienone is 2. The molecule has 0 aromatic carbocycles. The number of hydrogen-bond donors (Lipinski definition) is 1. The normalized spacial score (nSPS) is 9.22. The first-order valence-corrected chi connectivity index (χ1v) is 2.54. The lowest BCUT2D eigenvalue weighted by molar-refractivity contribution is -0.136. The molecule has 0 aliphatic carbocycles. The summed E-state index contributed by atoms with van der Waals surface area (Å²) in [7, 11) is 0. The minimum absolute atomic E-state index is 0.0954. The van der Waals surface area contributed by atoms with Crippen molar-refractivity contribution in [3.63, 3.8) is 0 Å². The minimum Gasteiger partial charge on any atom is -0.481 e. The summed E-state index contributed by atoms with van der Waals surface area (Å²) >= 11 is 0. The average molecular weight is 125 g/mol. The largest absolute Gasteiger partial charge is 0.481 e. The van der Waals surface area contributed by atoms with E-state index in [9.17, 15) is 4.79 Å². The molecule has 9 heavy (non-hydrogen) atoms. The van der Waals surface area contributed by atoms with Crippen LogP contribution in [0.25, 0.3) is 0 Å². The van der Waals surface area contributed by atoms with Crippen LogP contribution in [0.3, 0.4) is 0 Å². The zero-order chi connectivity index (χ0) is 7.11. The Morgan fingerprint density at radius 2 is 2.44 bits per heavy atom. The highest BCUT2D eigenvalue weighted by atomic mass is 16.4. The molecule has 0 rings (SSSR count). The number of nitrogens with zero attached hydrogens (tertiary/aromatic N) is 1. The summed E-state index contributed by atoms with van der Waals surface area (Å²) in [4.78, 5) is 9.85. The first kappa shape index (κ1) is 7.70. The van der Waals surface area contributed by atoms with Crippen molar-refractivity contribution >= 4 is 5.97 Å². The molecule has 0 amide bonds. The van der Waals surface area contributed by atoms with Gasteiger partial charge < -0.3 is 5.11 Å². The van der Waals surface area contributed by atoms with Crippen LogP contribution in [0.4, 0.5) is 0 Å². The van der Waals surface area contributed by atoms with Gasteiger partial charge in [-0.3, -0.25) is 4.79 Å². The molecular weight excluding hydrogens is 118 g/mol. The fourth-order valence-corrected chi connectivity index (χ4v) is 0.343. The molecule has 0 saturated carbocycles. The van der Waals surface area contributed by atoms with Gasteiger partial charge in [0.2, 0.25) is 0 Å². The first-order valence-electron chi connectivity index (χ1n) is 2.54. The summed E-state index contributed by atoms with van der Waals surface area (Å²) in [6.45, 7) is 0. The SMILES string of the molecule is N#C/C=C/CCC(=O)O. The Hall–Kier alpha value is -1.30. The fourth-order valence-electron chi connectivity index (χ4n) is 0.343. The van der Waals surface area contributed by atoms with Crippen LogP contribution in [0, 0.1) is 11.3 Å². The van der Waals surface area contributed by atoms with Gasteiger partial charge >= 0.3 is 5.97 Å². The lowest BCUT2D eigenvalue weighted by Gasteiger charge is -1.83. The zero-order valence-corrected chi connectivity index (χ0v) is 4.87. The molecule has 0 aliphatic rings. The molecule has 0 atom stereocenters. The van der Waals surface area contributed by atoms with E-state index in [1.54, 1.807) is 6.07 Å². The van der Waals surface area contributed by atoms with E-state index < -0.39 is 5.97 Å². The van der Waals surface area contributed by atoms with Gasteiger partial charge in [0, 0.05) is 12.5 Å². The molecular formula is C6H7NO2. The summed E-state index contributed by atoms with van der Waals surface area (Å²) in [6, 6.07) is 1.77. The first-order chi connectivity index (χ1) is 4.27. The second kappa shape index (κ2) is 4.85. The third-order valence-corrected chi connectivity index (χ3v) is 0.717. The maximum Gasteiger partial charge on any atom is 0.303 e. The van der Waals surface area contributed by atoms with Gasteiger partial charge in [0.25, 0.3) is 0 Å². The van der Waals surface area contributed by atoms with Crippen LogP contribution in [0.15, 0.2) is 12.2 Å². The van der Waals surface area contributed by atoms with Crippen LogP contribution in [0.1, 0.15) is 12.8 Å². The summed E-state index contributed by atoms with van der Waals surface area (Å²) in [5.41, 5.74) is 0. The van der Waals surface area contributed by atoms with Gasteiger partial charge in [-0.05, 0) is 6.42 Å². The van der Waals surface area contributed by atoms with Crippen molar-refractivity contribution < 1.29 is 9.90 Å². The van der Waals surface area contributed by atoms with Crippen LogP contribution in [-0.4, -0.2) is 11.1 Å². The summed E-state index contributed by atoms with van der Waals surface area (Å²) in [5.74, 6) is -0.836. The number of carboxylic acids is 1. The van der Waals surface area contributed by atoms with Gasteiger partial charge in [0.05, 0.1) is 6.07 Å². The van der Waals surface area contributed by atoms with E-state index >= 15 is 0 Å². The number of nitriles is 1. The second-order valence-corrected chi connectivity index (χ2v) is 1.46. The van der Waals surface area contributed by atoms with Crippen LogP contribution in [0.2, 0.25) is 0 Å². The monoisotopic (exact) mass is 125 g/mol. The van der Waals surface area contributed by atoms with Crippen molar-refractivity contribution in [1.29, 1.82) is 5.26 Å². The standard InChI is InChI=1S/C6H7NO2/c7-5-3-1-2-4-6(8)9/h1,3H,2,4H2,(H,8,9)/b3-1+. The molecule has 0 aromatic heterocycles. The van der Waals surface area contributed by atoms with Crippen molar-refractivity contribution in [2.24, 2.45) is 0 Å². The number of hydrogen-bond acceptors (Lipinski definition) is 2. The van der Waals surface area contributed by atoms with Crippen molar-refractivity contribution in [3.05, 3.63) is 12.2 Å². The smallest absolute Gasteiger partial charge is 0.303 e. The van der Waals surface area contributed by atoms with Gasteiger partial charge in [-0.15, -0.1) is 0 Å². The number of carbonyl (C=O) groups is 1. The predicted octanol–water partition coefficient (Wildman–Crippen LogP) is 0.931. The van der Waals surface area contributed by atoms with E-state index in [-0.39, 0.29) is 6.42 Å². The highest BCUT2D eigenvalue weighted by Gasteiger charge is 1.90. The average Bonchev–Trinajstić information content (AvgIpc) is 1.80. The van der Waals surface area contributed by atoms with Crippen LogP contribution >= 0.6 is 0 Å². The maximum atomic E-state index is 9.85. The molecule has 48 valence electrons. The lowest BCUT2D eigenvalue weighted by Crippen LogP contribution is -1.91. The van der Waals surface area contributed by atoms with Gasteiger partial charge in [-0.25, -0.2) is 0 Å². The second-order valence-electron chi connectivity index (χ2n) is 1.46. The van der Waals surface area contributed by atoms with Crippen LogP contribution < -0.4 is 0 Å². The third-order valence-electron chi connectivity index (χ3n) is 0.717. The van der Waals surface area contributed by atoms with E-state index in [0.717, 1.165) is 0 Å². The van der Waals surface area contributed by atoms with E-state index in [1.807, 2.05) is 0 Å². The lowest BCUT2D eigenvalue weighted by atomic mass is 10.3. The summed E-state index contributed by atoms with van der Waals surface area (Å²) < 4.78 is 0. The highest BCUT2D eigenvalue weighted by molar-refractivity contribution is 5.66. The van der Waals surface area contributed by atoms with Crippen molar-refractivity contribution in [2.75, 3.05) is 0 Å². The molecule has 0 bridgehead atoms. The molecule has 0 aliphatic heterocycles. The molecule has 0 aromatic rings. The third kappa shape index (κ3) is 6.70. The molecule has 3 nitrogen and oxygen atoms in total. The van der Waals surface area contributed by atoms with Gasteiger partial charge in [0.15, 0.2) is 0 Å². The number of aliphatic carboxylic acids is 1. The quantitative estimate of drug-likeness (QED) is 0.571. The number of rotatable bonds is 3. The van der Waals surface area contributed by atoms with Crippen LogP contribution in [0.5, 0.6) is 0 Å². The Kier molecular flexibility index (Phi) is 4.15. The molecule has 0 saturated heterocycles. The van der Waals surface area contributed by atoms with Crippen LogP contribution in [-0.2, 0) is 4.79 Å². The summed E-state index contributed by atoms with van der Waals surface area (Å²) in [5, 5.41) is 16.0. The van der Waals surface area contributed by atoms with Crippen molar-refractivity contribution in [3.8, 4) is 6.07 Å². The maximum absolute atomic E-state index is 9.85. The number of carboxylic acid groups (broad SMARTS) is 1. The highest BCUT2D eigenvalue weighted by Crippen LogP contribution is 1.88. The molecule has 0 spiro atoms. The topological polar surface area (TPSA) is 61.1 Å². The predicted molar refractivity (Wildman–Crippen MR) is 31.6 cm³/mol. The van der Waals surface area contributed by atoms with Crippen molar-refractivity contribution in [1.82, 2.24) is 0 Å². The van der Waals surface area contributed by atoms with Crippen molar-refractivity contribution in [2.45, 2.75) is 12.8 Å². The van der Waals surface area contributed by atoms with E-state index in [2.05, 4.69) is 0 Å². The Morgan fingerprint density at radius 1 is 1.78 bits per heavy atom. The fraction of sp³-hybridized carbons (Fsp3) is 0.333. The molecule has 1 N–H and O–H groups in total. The summed E-state index contributed by atoms with van der Waals surface area (Å²) in [6.07, 6.45) is 3.35. The zero-order valence-electron chi connectivity index (χ0n) is 4.87. The Labute approximate surface area is 53.2 Å². The van der Waals surface area contributed by atoms with E-state index in [0.29, 0.717) is 6.42 Å². The van der Waals surface area contributed by atoms with E-state index in [4.69, 9.17) is 10.4 Å².